The van der Waals surface area contributed by atoms with Crippen LogP contribution in [0, 0.1) is 0 Å². The van der Waals surface area contributed by atoms with Gasteiger partial charge in [0, 0.05) is 38.1 Å². The first-order chi connectivity index (χ1) is 16.2. The zero-order chi connectivity index (χ0) is 22.9. The van der Waals surface area contributed by atoms with Crippen molar-refractivity contribution < 1.29 is 4.74 Å². The Morgan fingerprint density at radius 1 is 0.909 bits per heavy atom. The van der Waals surface area contributed by atoms with Gasteiger partial charge in [0.15, 0.2) is 0 Å². The van der Waals surface area contributed by atoms with Gasteiger partial charge < -0.3 is 20.3 Å². The van der Waals surface area contributed by atoms with E-state index in [2.05, 4.69) is 52.0 Å². The van der Waals surface area contributed by atoms with Crippen molar-refractivity contribution in [2.75, 3.05) is 37.5 Å². The summed E-state index contributed by atoms with van der Waals surface area (Å²) < 4.78 is 5.69. The van der Waals surface area contributed by atoms with Crippen molar-refractivity contribution in [3.8, 4) is 0 Å². The van der Waals surface area contributed by atoms with E-state index in [9.17, 15) is 0 Å². The minimum atomic E-state index is 0.418. The SMILES string of the molecule is CN(C)c1nc(NC2CCC(NCC=CCOCc3ccccc3)CC2)nc2ccccc12. The summed E-state index contributed by atoms with van der Waals surface area (Å²) in [6, 6.07) is 19.5. The van der Waals surface area contributed by atoms with Gasteiger partial charge in [0.2, 0.25) is 5.95 Å². The summed E-state index contributed by atoms with van der Waals surface area (Å²) in [6.07, 6.45) is 8.82. The van der Waals surface area contributed by atoms with E-state index >= 15 is 0 Å². The number of nitrogens with zero attached hydrogens (tertiary/aromatic N) is 3. The number of anilines is 2. The van der Waals surface area contributed by atoms with Gasteiger partial charge in [-0.15, -0.1) is 0 Å². The van der Waals surface area contributed by atoms with E-state index in [4.69, 9.17) is 14.7 Å². The lowest BCUT2D eigenvalue weighted by Crippen LogP contribution is -2.37. The fraction of sp³-hybridized carbons (Fsp3) is 0.407. The third-order valence-corrected chi connectivity index (χ3v) is 6.08. The average Bonchev–Trinajstić information content (AvgIpc) is 2.84. The first-order valence-corrected chi connectivity index (χ1v) is 11.9. The highest BCUT2D eigenvalue weighted by atomic mass is 16.5. The van der Waals surface area contributed by atoms with E-state index in [0.717, 1.165) is 54.9 Å². The van der Waals surface area contributed by atoms with Crippen LogP contribution in [0.15, 0.2) is 66.7 Å². The molecule has 1 heterocycles. The fourth-order valence-electron chi connectivity index (χ4n) is 4.29. The molecule has 1 fully saturated rings. The smallest absolute Gasteiger partial charge is 0.225 e. The van der Waals surface area contributed by atoms with Crippen molar-refractivity contribution in [3.05, 3.63) is 72.3 Å². The lowest BCUT2D eigenvalue weighted by Gasteiger charge is -2.29. The molecule has 0 amide bonds. The van der Waals surface area contributed by atoms with Crippen LogP contribution in [0.4, 0.5) is 11.8 Å². The zero-order valence-corrected chi connectivity index (χ0v) is 19.7. The highest BCUT2D eigenvalue weighted by Gasteiger charge is 2.21. The molecule has 3 aromatic rings. The molecule has 174 valence electrons. The van der Waals surface area contributed by atoms with Crippen LogP contribution in [0.25, 0.3) is 10.9 Å². The Labute approximate surface area is 197 Å². The number of para-hydroxylation sites is 1. The summed E-state index contributed by atoms with van der Waals surface area (Å²) in [5, 5.41) is 8.32. The van der Waals surface area contributed by atoms with Gasteiger partial charge in [0.05, 0.1) is 18.7 Å². The molecule has 4 rings (SSSR count). The van der Waals surface area contributed by atoms with Crippen molar-refractivity contribution in [1.29, 1.82) is 0 Å². The molecule has 6 nitrogen and oxygen atoms in total. The Morgan fingerprint density at radius 3 is 2.42 bits per heavy atom. The highest BCUT2D eigenvalue weighted by molar-refractivity contribution is 5.90. The summed E-state index contributed by atoms with van der Waals surface area (Å²) in [4.78, 5) is 11.6. The molecule has 0 aliphatic heterocycles. The van der Waals surface area contributed by atoms with E-state index in [0.29, 0.717) is 25.3 Å². The molecule has 1 saturated carbocycles. The predicted molar refractivity (Wildman–Crippen MR) is 137 cm³/mol. The molecule has 1 aromatic heterocycles. The molecule has 0 unspecified atom stereocenters. The van der Waals surface area contributed by atoms with Crippen LogP contribution >= 0.6 is 0 Å². The predicted octanol–water partition coefficient (Wildman–Crippen LogP) is 4.78. The lowest BCUT2D eigenvalue weighted by molar-refractivity contribution is 0.148. The molecule has 0 atom stereocenters. The number of fused-ring (bicyclic) bond motifs is 1. The Balaban J connectivity index is 1.17. The van der Waals surface area contributed by atoms with Gasteiger partial charge in [0.25, 0.3) is 0 Å². The normalized spacial score (nSPS) is 18.6. The number of hydrogen-bond donors (Lipinski definition) is 2. The van der Waals surface area contributed by atoms with Crippen LogP contribution in [0.2, 0.25) is 0 Å². The minimum Gasteiger partial charge on any atom is -0.373 e. The van der Waals surface area contributed by atoms with E-state index < -0.39 is 0 Å². The molecule has 0 spiro atoms. The summed E-state index contributed by atoms with van der Waals surface area (Å²) in [6.45, 7) is 2.19. The summed E-state index contributed by atoms with van der Waals surface area (Å²) in [5.74, 6) is 1.69. The average molecular weight is 446 g/mol. The third kappa shape index (κ3) is 6.76. The molecule has 0 radical (unpaired) electrons. The maximum absolute atomic E-state index is 5.69. The van der Waals surface area contributed by atoms with Gasteiger partial charge in [-0.2, -0.15) is 4.98 Å². The summed E-state index contributed by atoms with van der Waals surface area (Å²) in [5.41, 5.74) is 2.19. The Kier molecular flexibility index (Phi) is 8.28. The lowest BCUT2D eigenvalue weighted by atomic mass is 9.91. The second-order valence-electron chi connectivity index (χ2n) is 8.86. The fourth-order valence-corrected chi connectivity index (χ4v) is 4.29. The van der Waals surface area contributed by atoms with E-state index in [-0.39, 0.29) is 0 Å². The van der Waals surface area contributed by atoms with Crippen molar-refractivity contribution in [2.45, 2.75) is 44.4 Å². The van der Waals surface area contributed by atoms with E-state index in [1.165, 1.54) is 5.56 Å². The second-order valence-corrected chi connectivity index (χ2v) is 8.86. The Bertz CT molecular complexity index is 1030. The summed E-state index contributed by atoms with van der Waals surface area (Å²) in [7, 11) is 4.05. The Hall–Kier alpha value is -2.96. The van der Waals surface area contributed by atoms with Crippen molar-refractivity contribution >= 4 is 22.7 Å². The maximum atomic E-state index is 5.69. The van der Waals surface area contributed by atoms with Crippen LogP contribution in [0.1, 0.15) is 31.2 Å². The standard InChI is InChI=1S/C27H35N5O/c1-32(2)26-24-12-6-7-13-25(24)30-27(31-26)29-23-16-14-22(15-17-23)28-18-8-9-19-33-20-21-10-4-3-5-11-21/h3-13,22-23,28H,14-20H2,1-2H3,(H,29,30,31). The van der Waals surface area contributed by atoms with Crippen LogP contribution in [0.5, 0.6) is 0 Å². The topological polar surface area (TPSA) is 62.3 Å². The molecule has 2 aromatic carbocycles. The van der Waals surface area contributed by atoms with Gasteiger partial charge >= 0.3 is 0 Å². The molecular formula is C27H35N5O. The molecule has 33 heavy (non-hydrogen) atoms. The van der Waals surface area contributed by atoms with Crippen molar-refractivity contribution in [2.24, 2.45) is 0 Å². The second kappa shape index (κ2) is 11.8. The first kappa shape index (κ1) is 23.2. The van der Waals surface area contributed by atoms with Gasteiger partial charge in [0.1, 0.15) is 5.82 Å². The molecule has 2 N–H and O–H groups in total. The summed E-state index contributed by atoms with van der Waals surface area (Å²) >= 11 is 0. The number of benzene rings is 2. The van der Waals surface area contributed by atoms with Crippen molar-refractivity contribution in [1.82, 2.24) is 15.3 Å². The van der Waals surface area contributed by atoms with Crippen LogP contribution < -0.4 is 15.5 Å². The van der Waals surface area contributed by atoms with Crippen molar-refractivity contribution in [3.63, 3.8) is 0 Å². The molecule has 0 saturated heterocycles. The van der Waals surface area contributed by atoms with Gasteiger partial charge in [-0.3, -0.25) is 0 Å². The zero-order valence-electron chi connectivity index (χ0n) is 19.7. The quantitative estimate of drug-likeness (QED) is 0.346. The van der Waals surface area contributed by atoms with Crippen LogP contribution in [-0.2, 0) is 11.3 Å². The van der Waals surface area contributed by atoms with Crippen LogP contribution in [0.3, 0.4) is 0 Å². The van der Waals surface area contributed by atoms with Gasteiger partial charge in [-0.1, -0.05) is 54.6 Å². The maximum Gasteiger partial charge on any atom is 0.225 e. The highest BCUT2D eigenvalue weighted by Crippen LogP contribution is 2.26. The molecule has 0 bridgehead atoms. The molecular weight excluding hydrogens is 410 g/mol. The number of ether oxygens (including phenoxy) is 1. The first-order valence-electron chi connectivity index (χ1n) is 11.9. The molecule has 1 aliphatic carbocycles. The number of rotatable bonds is 10. The number of hydrogen-bond acceptors (Lipinski definition) is 6. The molecule has 1 aliphatic rings. The van der Waals surface area contributed by atoms with Gasteiger partial charge in [-0.05, 0) is 43.4 Å². The molecule has 6 heteroatoms. The number of nitrogens with one attached hydrogen (secondary N) is 2. The minimum absolute atomic E-state index is 0.418. The monoisotopic (exact) mass is 445 g/mol. The third-order valence-electron chi connectivity index (χ3n) is 6.08. The van der Waals surface area contributed by atoms with Gasteiger partial charge in [-0.25, -0.2) is 4.98 Å². The largest absolute Gasteiger partial charge is 0.373 e. The Morgan fingerprint density at radius 2 is 1.64 bits per heavy atom. The number of aromatic nitrogens is 2. The van der Waals surface area contributed by atoms with Crippen LogP contribution in [-0.4, -0.2) is 49.3 Å². The van der Waals surface area contributed by atoms with E-state index in [1.54, 1.807) is 0 Å². The van der Waals surface area contributed by atoms with E-state index in [1.807, 2.05) is 44.4 Å².